The number of benzene rings is 1. The zero-order valence-corrected chi connectivity index (χ0v) is 11.6. The fourth-order valence-corrected chi connectivity index (χ4v) is 3.29. The van der Waals surface area contributed by atoms with Crippen molar-refractivity contribution in [1.82, 2.24) is 10.2 Å². The number of nitriles is 1. The van der Waals surface area contributed by atoms with E-state index in [0.29, 0.717) is 10.6 Å². The van der Waals surface area contributed by atoms with Crippen molar-refractivity contribution >= 4 is 11.6 Å². The van der Waals surface area contributed by atoms with Gasteiger partial charge in [-0.25, -0.2) is 0 Å². The molecule has 0 saturated carbocycles. The molecule has 0 fully saturated rings. The number of nitrogens with one attached hydrogen (secondary N) is 1. The van der Waals surface area contributed by atoms with Gasteiger partial charge in [0.2, 0.25) is 0 Å². The zero-order chi connectivity index (χ0) is 13.6. The Hall–Kier alpha value is -1.79. The highest BCUT2D eigenvalue weighted by Gasteiger charge is 2.39. The van der Waals surface area contributed by atoms with E-state index >= 15 is 0 Å². The topological polar surface area (TPSA) is 52.5 Å². The van der Waals surface area contributed by atoms with Crippen LogP contribution < -0.4 is 0 Å². The first kappa shape index (κ1) is 12.3. The lowest BCUT2D eigenvalue weighted by Gasteiger charge is -2.19. The molecule has 0 aliphatic heterocycles. The van der Waals surface area contributed by atoms with Crippen molar-refractivity contribution in [3.05, 3.63) is 51.8 Å². The predicted molar refractivity (Wildman–Crippen MR) is 74.2 cm³/mol. The molecule has 0 saturated heterocycles. The fourth-order valence-electron chi connectivity index (χ4n) is 2.98. The summed E-state index contributed by atoms with van der Waals surface area (Å²) in [5.74, 6) is 0.254. The number of hydrogen-bond acceptors (Lipinski definition) is 2. The summed E-state index contributed by atoms with van der Waals surface area (Å²) in [4.78, 5) is 0. The number of halogens is 1. The Morgan fingerprint density at radius 3 is 2.89 bits per heavy atom. The molecular formula is C15H14ClN3. The van der Waals surface area contributed by atoms with Crippen molar-refractivity contribution in [2.24, 2.45) is 0 Å². The lowest BCUT2D eigenvalue weighted by molar-refractivity contribution is 0.483. The molecule has 1 aromatic carbocycles. The molecule has 1 aliphatic carbocycles. The number of fused-ring (bicyclic) bond motifs is 1. The van der Waals surface area contributed by atoms with Gasteiger partial charge >= 0.3 is 0 Å². The molecule has 3 nitrogen and oxygen atoms in total. The lowest BCUT2D eigenvalue weighted by atomic mass is 9.86. The Bertz CT molecular complexity index is 679. The maximum absolute atomic E-state index is 8.90. The van der Waals surface area contributed by atoms with Gasteiger partial charge in [0.05, 0.1) is 17.8 Å². The molecule has 1 N–H and O–H groups in total. The zero-order valence-electron chi connectivity index (χ0n) is 10.9. The van der Waals surface area contributed by atoms with Crippen molar-refractivity contribution in [2.75, 3.05) is 0 Å². The number of rotatable bonds is 1. The standard InChI is InChI=1S/C15H14ClN3/c1-15(2)6-11(12-8-18-19-14(12)15)10-4-3-9(7-17)5-13(10)16/h3-5,8,11H,6H2,1-2H3,(H,18,19). The highest BCUT2D eigenvalue weighted by molar-refractivity contribution is 6.31. The van der Waals surface area contributed by atoms with Gasteiger partial charge in [-0.3, -0.25) is 5.10 Å². The average Bonchev–Trinajstić information content (AvgIpc) is 2.93. The third-order valence-corrected chi connectivity index (χ3v) is 4.27. The Balaban J connectivity index is 2.09. The van der Waals surface area contributed by atoms with Crippen molar-refractivity contribution in [1.29, 1.82) is 5.26 Å². The molecule has 0 amide bonds. The van der Waals surface area contributed by atoms with Gasteiger partial charge in [0, 0.05) is 27.6 Å². The number of nitrogens with zero attached hydrogens (tertiary/aromatic N) is 2. The molecule has 0 radical (unpaired) electrons. The van der Waals surface area contributed by atoms with Crippen LogP contribution in [0.3, 0.4) is 0 Å². The number of H-pyrrole nitrogens is 1. The third-order valence-electron chi connectivity index (χ3n) is 3.94. The molecule has 1 unspecified atom stereocenters. The SMILES string of the molecule is CC1(C)CC(c2ccc(C#N)cc2Cl)c2cn[nH]c21. The molecule has 96 valence electrons. The first-order valence-electron chi connectivity index (χ1n) is 6.26. The number of aromatic amines is 1. The smallest absolute Gasteiger partial charge is 0.0992 e. The van der Waals surface area contributed by atoms with Crippen molar-refractivity contribution < 1.29 is 0 Å². The van der Waals surface area contributed by atoms with Crippen molar-refractivity contribution in [3.8, 4) is 6.07 Å². The lowest BCUT2D eigenvalue weighted by Crippen LogP contribution is -2.14. The number of hydrogen-bond donors (Lipinski definition) is 1. The van der Waals surface area contributed by atoms with Crippen molar-refractivity contribution in [2.45, 2.75) is 31.6 Å². The van der Waals surface area contributed by atoms with E-state index in [1.807, 2.05) is 18.3 Å². The first-order valence-corrected chi connectivity index (χ1v) is 6.64. The summed E-state index contributed by atoms with van der Waals surface area (Å²) in [7, 11) is 0. The van der Waals surface area contributed by atoms with Crippen LogP contribution in [-0.4, -0.2) is 10.2 Å². The second kappa shape index (κ2) is 4.11. The molecule has 1 aromatic heterocycles. The van der Waals surface area contributed by atoms with Crippen LogP contribution in [0.1, 0.15) is 48.6 Å². The van der Waals surface area contributed by atoms with E-state index in [1.165, 1.54) is 11.3 Å². The monoisotopic (exact) mass is 271 g/mol. The molecule has 0 bridgehead atoms. The minimum atomic E-state index is 0.0771. The van der Waals surface area contributed by atoms with Crippen molar-refractivity contribution in [3.63, 3.8) is 0 Å². The van der Waals surface area contributed by atoms with Crippen LogP contribution in [0.4, 0.5) is 0 Å². The fraction of sp³-hybridized carbons (Fsp3) is 0.333. The van der Waals surface area contributed by atoms with E-state index in [0.717, 1.165) is 12.0 Å². The molecule has 3 rings (SSSR count). The quantitative estimate of drug-likeness (QED) is 0.859. The van der Waals surface area contributed by atoms with Gasteiger partial charge < -0.3 is 0 Å². The maximum atomic E-state index is 8.90. The van der Waals surface area contributed by atoms with Gasteiger partial charge in [0.15, 0.2) is 0 Å². The average molecular weight is 272 g/mol. The van der Waals surface area contributed by atoms with Crippen LogP contribution in [0.25, 0.3) is 0 Å². The van der Waals surface area contributed by atoms with Crippen LogP contribution in [0.5, 0.6) is 0 Å². The second-order valence-electron chi connectivity index (χ2n) is 5.69. The van der Waals surface area contributed by atoms with Gasteiger partial charge in [-0.05, 0) is 24.1 Å². The van der Waals surface area contributed by atoms with Crippen LogP contribution in [0, 0.1) is 11.3 Å². The third kappa shape index (κ3) is 1.84. The van der Waals surface area contributed by atoms with Crippen LogP contribution >= 0.6 is 11.6 Å². The van der Waals surface area contributed by atoms with Gasteiger partial charge in [-0.1, -0.05) is 31.5 Å². The molecule has 1 heterocycles. The summed E-state index contributed by atoms with van der Waals surface area (Å²) in [6.45, 7) is 4.42. The van der Waals surface area contributed by atoms with Gasteiger partial charge in [0.25, 0.3) is 0 Å². The molecule has 19 heavy (non-hydrogen) atoms. The summed E-state index contributed by atoms with van der Waals surface area (Å²) >= 11 is 6.33. The first-order chi connectivity index (χ1) is 9.03. The van der Waals surface area contributed by atoms with E-state index in [4.69, 9.17) is 16.9 Å². The van der Waals surface area contributed by atoms with E-state index < -0.39 is 0 Å². The van der Waals surface area contributed by atoms with E-state index in [-0.39, 0.29) is 11.3 Å². The van der Waals surface area contributed by atoms with E-state index in [1.54, 1.807) is 6.07 Å². The molecule has 0 spiro atoms. The second-order valence-corrected chi connectivity index (χ2v) is 6.10. The molecule has 1 atom stereocenters. The number of aromatic nitrogens is 2. The summed E-state index contributed by atoms with van der Waals surface area (Å²) in [5, 5.41) is 16.8. The highest BCUT2D eigenvalue weighted by Crippen LogP contribution is 2.48. The highest BCUT2D eigenvalue weighted by atomic mass is 35.5. The van der Waals surface area contributed by atoms with Gasteiger partial charge in [-0.2, -0.15) is 10.4 Å². The van der Waals surface area contributed by atoms with Gasteiger partial charge in [0.1, 0.15) is 0 Å². The van der Waals surface area contributed by atoms with Crippen LogP contribution in [-0.2, 0) is 5.41 Å². The summed E-state index contributed by atoms with van der Waals surface area (Å²) in [6.07, 6.45) is 2.89. The maximum Gasteiger partial charge on any atom is 0.0992 e. The van der Waals surface area contributed by atoms with Gasteiger partial charge in [-0.15, -0.1) is 0 Å². The normalized spacial score (nSPS) is 20.0. The summed E-state index contributed by atoms with van der Waals surface area (Å²) < 4.78 is 0. The van der Waals surface area contributed by atoms with E-state index in [9.17, 15) is 0 Å². The Labute approximate surface area is 117 Å². The molecule has 1 aliphatic rings. The summed E-state index contributed by atoms with van der Waals surface area (Å²) in [6, 6.07) is 7.64. The minimum absolute atomic E-state index is 0.0771. The summed E-state index contributed by atoms with van der Waals surface area (Å²) in [5.41, 5.74) is 4.16. The van der Waals surface area contributed by atoms with Crippen LogP contribution in [0.2, 0.25) is 5.02 Å². The molecule has 4 heteroatoms. The Morgan fingerprint density at radius 1 is 1.42 bits per heavy atom. The van der Waals surface area contributed by atoms with Crippen LogP contribution in [0.15, 0.2) is 24.4 Å². The Morgan fingerprint density at radius 2 is 2.21 bits per heavy atom. The largest absolute Gasteiger partial charge is 0.282 e. The Kier molecular flexibility index (Phi) is 2.65. The molecular weight excluding hydrogens is 258 g/mol. The predicted octanol–water partition coefficient (Wildman–Crippen LogP) is 3.75. The minimum Gasteiger partial charge on any atom is -0.282 e. The van der Waals surface area contributed by atoms with E-state index in [2.05, 4.69) is 30.1 Å². The molecule has 2 aromatic rings.